The molecule has 2 aromatic heterocycles. The van der Waals surface area contributed by atoms with Crippen LogP contribution in [0.2, 0.25) is 0 Å². The Morgan fingerprint density at radius 3 is 2.96 bits per heavy atom. The summed E-state index contributed by atoms with van der Waals surface area (Å²) in [6, 6.07) is 3.73. The number of carbonyl (C=O) groups excluding carboxylic acids is 1. The van der Waals surface area contributed by atoms with Gasteiger partial charge in [0.15, 0.2) is 5.69 Å². The van der Waals surface area contributed by atoms with Crippen LogP contribution in [0.4, 0.5) is 0 Å². The van der Waals surface area contributed by atoms with Crippen molar-refractivity contribution < 1.29 is 14.3 Å². The summed E-state index contributed by atoms with van der Waals surface area (Å²) in [5, 5.41) is 7.38. The van der Waals surface area contributed by atoms with Crippen molar-refractivity contribution in [3.8, 4) is 5.88 Å². The maximum atomic E-state index is 12.8. The van der Waals surface area contributed by atoms with Crippen LogP contribution in [0, 0.1) is 0 Å². The van der Waals surface area contributed by atoms with Crippen LogP contribution < -0.4 is 10.1 Å². The first-order valence-electron chi connectivity index (χ1n) is 8.96. The monoisotopic (exact) mass is 358 g/mol. The lowest BCUT2D eigenvalue weighted by Gasteiger charge is -2.26. The molecule has 7 heteroatoms. The van der Waals surface area contributed by atoms with E-state index in [4.69, 9.17) is 9.47 Å². The van der Waals surface area contributed by atoms with Crippen LogP contribution in [0.1, 0.15) is 61.1 Å². The molecule has 0 aromatic carbocycles. The second kappa shape index (κ2) is 7.45. The first-order chi connectivity index (χ1) is 12.4. The van der Waals surface area contributed by atoms with E-state index in [1.165, 1.54) is 0 Å². The van der Waals surface area contributed by atoms with Crippen molar-refractivity contribution in [3.63, 3.8) is 0 Å². The lowest BCUT2D eigenvalue weighted by atomic mass is 9.99. The second-order valence-electron chi connectivity index (χ2n) is 6.95. The molecule has 0 saturated heterocycles. The number of ether oxygens (including phenoxy) is 2. The summed E-state index contributed by atoms with van der Waals surface area (Å²) in [5.41, 5.74) is 3.25. The van der Waals surface area contributed by atoms with Crippen molar-refractivity contribution in [1.82, 2.24) is 20.1 Å². The Balaban J connectivity index is 1.77. The summed E-state index contributed by atoms with van der Waals surface area (Å²) in [5.74, 6) is 0.351. The van der Waals surface area contributed by atoms with Crippen LogP contribution in [-0.2, 0) is 24.8 Å². The number of carbonyl (C=O) groups is 1. The zero-order chi connectivity index (χ0) is 18.8. The minimum Gasteiger partial charge on any atom is -0.475 e. The number of fused-ring (bicyclic) bond motifs is 1. The van der Waals surface area contributed by atoms with Gasteiger partial charge in [-0.15, -0.1) is 0 Å². The van der Waals surface area contributed by atoms with Gasteiger partial charge in [0.05, 0.1) is 24.0 Å². The van der Waals surface area contributed by atoms with E-state index in [1.54, 1.807) is 10.9 Å². The van der Waals surface area contributed by atoms with Gasteiger partial charge in [-0.2, -0.15) is 5.10 Å². The molecule has 3 heterocycles. The van der Waals surface area contributed by atoms with Crippen LogP contribution >= 0.6 is 0 Å². The topological polar surface area (TPSA) is 78.3 Å². The zero-order valence-corrected chi connectivity index (χ0v) is 15.9. The van der Waals surface area contributed by atoms with Crippen molar-refractivity contribution in [2.75, 3.05) is 0 Å². The Morgan fingerprint density at radius 2 is 2.23 bits per heavy atom. The molecule has 0 radical (unpaired) electrons. The number of aryl methyl sites for hydroxylation is 1. The number of pyridine rings is 1. The molecule has 26 heavy (non-hydrogen) atoms. The number of nitrogens with zero attached hydrogens (tertiary/aromatic N) is 3. The second-order valence-corrected chi connectivity index (χ2v) is 6.95. The van der Waals surface area contributed by atoms with E-state index in [0.717, 1.165) is 16.8 Å². The SMILES string of the molecule is CC(C)Oc1ncccc1CNC(=O)c1nn(C)c2c1C[C@H](C)O[C@@H]2C. The summed E-state index contributed by atoms with van der Waals surface area (Å²) in [6.07, 6.45) is 2.38. The molecule has 7 nitrogen and oxygen atoms in total. The quantitative estimate of drug-likeness (QED) is 0.889. The maximum Gasteiger partial charge on any atom is 0.272 e. The molecule has 2 atom stereocenters. The molecule has 1 amide bonds. The fourth-order valence-corrected chi connectivity index (χ4v) is 3.37. The van der Waals surface area contributed by atoms with E-state index < -0.39 is 0 Å². The Kier molecular flexibility index (Phi) is 5.27. The van der Waals surface area contributed by atoms with Gasteiger partial charge in [0.1, 0.15) is 0 Å². The van der Waals surface area contributed by atoms with E-state index in [9.17, 15) is 4.79 Å². The molecule has 0 aliphatic carbocycles. The van der Waals surface area contributed by atoms with Crippen molar-refractivity contribution >= 4 is 5.91 Å². The Morgan fingerprint density at radius 1 is 1.46 bits per heavy atom. The van der Waals surface area contributed by atoms with Crippen LogP contribution in [0.3, 0.4) is 0 Å². The first kappa shape index (κ1) is 18.4. The number of hydrogen-bond donors (Lipinski definition) is 1. The van der Waals surface area contributed by atoms with Crippen molar-refractivity contribution in [2.45, 2.75) is 59.0 Å². The molecular weight excluding hydrogens is 332 g/mol. The van der Waals surface area contributed by atoms with E-state index >= 15 is 0 Å². The van der Waals surface area contributed by atoms with Gasteiger partial charge < -0.3 is 14.8 Å². The van der Waals surface area contributed by atoms with Crippen molar-refractivity contribution in [1.29, 1.82) is 0 Å². The maximum absolute atomic E-state index is 12.8. The number of aromatic nitrogens is 3. The largest absolute Gasteiger partial charge is 0.475 e. The normalized spacial score (nSPS) is 19.3. The lowest BCUT2D eigenvalue weighted by Crippen LogP contribution is -2.27. The van der Waals surface area contributed by atoms with Crippen LogP contribution in [-0.4, -0.2) is 32.9 Å². The van der Waals surface area contributed by atoms with Crippen LogP contribution in [0.15, 0.2) is 18.3 Å². The summed E-state index contributed by atoms with van der Waals surface area (Å²) < 4.78 is 13.3. The van der Waals surface area contributed by atoms with Gasteiger partial charge in [0.2, 0.25) is 5.88 Å². The van der Waals surface area contributed by atoms with E-state index in [-0.39, 0.29) is 24.2 Å². The third-order valence-electron chi connectivity index (χ3n) is 4.36. The molecule has 2 aromatic rings. The van der Waals surface area contributed by atoms with Gasteiger partial charge >= 0.3 is 0 Å². The third kappa shape index (κ3) is 3.72. The predicted octanol–water partition coefficient (Wildman–Crippen LogP) is 2.55. The molecule has 0 saturated carbocycles. The van der Waals surface area contributed by atoms with Gasteiger partial charge in [0, 0.05) is 37.3 Å². The fraction of sp³-hybridized carbons (Fsp3) is 0.526. The molecular formula is C19H26N4O3. The minimum absolute atomic E-state index is 0.0186. The van der Waals surface area contributed by atoms with Gasteiger partial charge in [-0.05, 0) is 33.8 Å². The number of amides is 1. The molecule has 0 fully saturated rings. The molecule has 1 aliphatic heterocycles. The standard InChI is InChI=1S/C19H26N4O3/c1-11(2)25-19-14(7-6-8-20-19)10-21-18(24)16-15-9-12(3)26-13(4)17(15)23(5)22-16/h6-8,11-13H,9-10H2,1-5H3,(H,21,24)/t12-,13+/m0/s1. The summed E-state index contributed by atoms with van der Waals surface area (Å²) in [4.78, 5) is 17.0. The highest BCUT2D eigenvalue weighted by atomic mass is 16.5. The van der Waals surface area contributed by atoms with E-state index in [1.807, 2.05) is 46.9 Å². The highest BCUT2D eigenvalue weighted by molar-refractivity contribution is 5.94. The Bertz CT molecular complexity index is 800. The number of nitrogens with one attached hydrogen (secondary N) is 1. The highest BCUT2D eigenvalue weighted by Gasteiger charge is 2.31. The number of hydrogen-bond acceptors (Lipinski definition) is 5. The Labute approximate surface area is 153 Å². The average Bonchev–Trinajstić information content (AvgIpc) is 2.90. The van der Waals surface area contributed by atoms with Crippen LogP contribution in [0.25, 0.3) is 0 Å². The van der Waals surface area contributed by atoms with Crippen molar-refractivity contribution in [3.05, 3.63) is 40.8 Å². The van der Waals surface area contributed by atoms with Gasteiger partial charge in [-0.3, -0.25) is 9.48 Å². The van der Waals surface area contributed by atoms with E-state index in [0.29, 0.717) is 24.5 Å². The molecule has 1 aliphatic rings. The molecule has 0 unspecified atom stereocenters. The van der Waals surface area contributed by atoms with Gasteiger partial charge in [-0.25, -0.2) is 4.98 Å². The smallest absolute Gasteiger partial charge is 0.272 e. The first-order valence-corrected chi connectivity index (χ1v) is 8.96. The molecule has 1 N–H and O–H groups in total. The van der Waals surface area contributed by atoms with E-state index in [2.05, 4.69) is 15.4 Å². The average molecular weight is 358 g/mol. The van der Waals surface area contributed by atoms with Crippen LogP contribution in [0.5, 0.6) is 5.88 Å². The molecule has 0 spiro atoms. The minimum atomic E-state index is -0.192. The fourth-order valence-electron chi connectivity index (χ4n) is 3.37. The van der Waals surface area contributed by atoms with Gasteiger partial charge in [0.25, 0.3) is 5.91 Å². The van der Waals surface area contributed by atoms with Gasteiger partial charge in [-0.1, -0.05) is 6.07 Å². The highest BCUT2D eigenvalue weighted by Crippen LogP contribution is 2.31. The summed E-state index contributed by atoms with van der Waals surface area (Å²) in [6.45, 7) is 8.23. The van der Waals surface area contributed by atoms with Crippen molar-refractivity contribution in [2.24, 2.45) is 7.05 Å². The Hall–Kier alpha value is -2.41. The predicted molar refractivity (Wildman–Crippen MR) is 97.0 cm³/mol. The molecule has 0 bridgehead atoms. The zero-order valence-electron chi connectivity index (χ0n) is 15.9. The molecule has 3 rings (SSSR count). The summed E-state index contributed by atoms with van der Waals surface area (Å²) >= 11 is 0. The third-order valence-corrected chi connectivity index (χ3v) is 4.36. The number of rotatable bonds is 5. The molecule has 140 valence electrons. The summed E-state index contributed by atoms with van der Waals surface area (Å²) in [7, 11) is 1.85. The lowest BCUT2D eigenvalue weighted by molar-refractivity contribution is -0.00903.